The molecule has 2 aromatic heterocycles. The van der Waals surface area contributed by atoms with Crippen LogP contribution in [0.5, 0.6) is 0 Å². The van der Waals surface area contributed by atoms with Gasteiger partial charge in [0.25, 0.3) is 0 Å². The monoisotopic (exact) mass is 321 g/mol. The zero-order chi connectivity index (χ0) is 16.5. The lowest BCUT2D eigenvalue weighted by Crippen LogP contribution is -2.34. The lowest BCUT2D eigenvalue weighted by atomic mass is 10.0. The summed E-state index contributed by atoms with van der Waals surface area (Å²) in [5.41, 5.74) is 1.83. The van der Waals surface area contributed by atoms with E-state index in [4.69, 9.17) is 0 Å². The van der Waals surface area contributed by atoms with Gasteiger partial charge >= 0.3 is 6.03 Å². The SMILES string of the molecule is C[C@@H]1C[C@@H]1[C@H](NC(=O)Nc1nnc2ccccn12)c1ccccc1. The fraction of sp³-hybridized carbons (Fsp3) is 0.278. The van der Waals surface area contributed by atoms with Gasteiger partial charge in [-0.25, -0.2) is 4.79 Å². The van der Waals surface area contributed by atoms with Gasteiger partial charge < -0.3 is 5.32 Å². The van der Waals surface area contributed by atoms with E-state index in [-0.39, 0.29) is 12.1 Å². The Morgan fingerprint density at radius 2 is 1.92 bits per heavy atom. The van der Waals surface area contributed by atoms with Gasteiger partial charge in [0.2, 0.25) is 5.95 Å². The molecule has 0 bridgehead atoms. The van der Waals surface area contributed by atoms with Gasteiger partial charge in [-0.05, 0) is 36.0 Å². The number of urea groups is 1. The molecule has 0 radical (unpaired) electrons. The van der Waals surface area contributed by atoms with E-state index in [1.165, 1.54) is 0 Å². The van der Waals surface area contributed by atoms with Crippen LogP contribution < -0.4 is 10.6 Å². The van der Waals surface area contributed by atoms with Crippen molar-refractivity contribution in [2.45, 2.75) is 19.4 Å². The maximum Gasteiger partial charge on any atom is 0.322 e. The third kappa shape index (κ3) is 2.82. The minimum atomic E-state index is -0.263. The van der Waals surface area contributed by atoms with Crippen molar-refractivity contribution in [2.75, 3.05) is 5.32 Å². The Hall–Kier alpha value is -2.89. The van der Waals surface area contributed by atoms with Crippen LogP contribution in [0.3, 0.4) is 0 Å². The maximum atomic E-state index is 12.5. The van der Waals surface area contributed by atoms with E-state index in [2.05, 4.69) is 39.9 Å². The number of fused-ring (bicyclic) bond motifs is 1. The van der Waals surface area contributed by atoms with Crippen molar-refractivity contribution >= 4 is 17.6 Å². The summed E-state index contributed by atoms with van der Waals surface area (Å²) in [5.74, 6) is 1.52. The predicted octanol–water partition coefficient (Wildman–Crippen LogP) is 3.25. The number of anilines is 1. The van der Waals surface area contributed by atoms with Crippen LogP contribution in [0, 0.1) is 11.8 Å². The molecule has 6 nitrogen and oxygen atoms in total. The summed E-state index contributed by atoms with van der Waals surface area (Å²) in [6.07, 6.45) is 2.95. The average molecular weight is 321 g/mol. The van der Waals surface area contributed by atoms with E-state index in [1.54, 1.807) is 4.40 Å². The van der Waals surface area contributed by atoms with E-state index in [9.17, 15) is 4.79 Å². The van der Waals surface area contributed by atoms with Gasteiger partial charge in [0.1, 0.15) is 0 Å². The molecule has 6 heteroatoms. The number of hydrogen-bond acceptors (Lipinski definition) is 3. The number of nitrogens with zero attached hydrogens (tertiary/aromatic N) is 3. The molecule has 2 N–H and O–H groups in total. The average Bonchev–Trinajstić information content (AvgIpc) is 3.20. The van der Waals surface area contributed by atoms with Crippen molar-refractivity contribution < 1.29 is 4.79 Å². The summed E-state index contributed by atoms with van der Waals surface area (Å²) in [4.78, 5) is 12.5. The topological polar surface area (TPSA) is 71.3 Å². The Labute approximate surface area is 139 Å². The van der Waals surface area contributed by atoms with E-state index in [0.717, 1.165) is 12.0 Å². The molecule has 24 heavy (non-hydrogen) atoms. The Morgan fingerprint density at radius 3 is 2.67 bits per heavy atom. The van der Waals surface area contributed by atoms with Crippen LogP contribution in [-0.2, 0) is 0 Å². The first-order valence-electron chi connectivity index (χ1n) is 8.14. The number of carbonyl (C=O) groups is 1. The van der Waals surface area contributed by atoms with Crippen LogP contribution in [0.1, 0.15) is 24.9 Å². The van der Waals surface area contributed by atoms with Crippen molar-refractivity contribution in [1.29, 1.82) is 0 Å². The molecule has 0 saturated heterocycles. The summed E-state index contributed by atoms with van der Waals surface area (Å²) in [6.45, 7) is 2.21. The number of rotatable bonds is 4. The minimum absolute atomic E-state index is 0.0142. The van der Waals surface area contributed by atoms with Gasteiger partial charge in [-0.1, -0.05) is 43.3 Å². The largest absolute Gasteiger partial charge is 0.331 e. The highest BCUT2D eigenvalue weighted by molar-refractivity contribution is 5.88. The molecule has 0 aliphatic heterocycles. The highest BCUT2D eigenvalue weighted by atomic mass is 16.2. The molecule has 2 amide bonds. The number of pyridine rings is 1. The number of amides is 2. The summed E-state index contributed by atoms with van der Waals surface area (Å²) in [5, 5.41) is 14.0. The van der Waals surface area contributed by atoms with E-state index < -0.39 is 0 Å². The zero-order valence-corrected chi connectivity index (χ0v) is 13.4. The lowest BCUT2D eigenvalue weighted by Gasteiger charge is -2.19. The standard InChI is InChI=1S/C18H19N5O/c1-12-11-14(12)16(13-7-3-2-4-8-13)19-18(24)20-17-22-21-15-9-5-6-10-23(15)17/h2-10,12,14,16H,11H2,1H3,(H2,19,20,22,24)/t12-,14+,16-/m1/s1. The molecule has 4 rings (SSSR count). The second kappa shape index (κ2) is 5.96. The smallest absolute Gasteiger partial charge is 0.322 e. The second-order valence-corrected chi connectivity index (χ2v) is 6.32. The molecule has 1 aliphatic carbocycles. The van der Waals surface area contributed by atoms with Crippen LogP contribution >= 0.6 is 0 Å². The molecule has 1 aromatic carbocycles. The van der Waals surface area contributed by atoms with Gasteiger partial charge in [-0.2, -0.15) is 0 Å². The quantitative estimate of drug-likeness (QED) is 0.775. The molecule has 1 saturated carbocycles. The first-order chi connectivity index (χ1) is 11.7. The number of carbonyl (C=O) groups excluding carboxylic acids is 1. The van der Waals surface area contributed by atoms with Crippen molar-refractivity contribution in [3.63, 3.8) is 0 Å². The Balaban J connectivity index is 1.51. The summed E-state index contributed by atoms with van der Waals surface area (Å²) in [7, 11) is 0. The zero-order valence-electron chi connectivity index (χ0n) is 13.4. The van der Waals surface area contributed by atoms with Crippen LogP contribution in [0.15, 0.2) is 54.7 Å². The maximum absolute atomic E-state index is 12.5. The van der Waals surface area contributed by atoms with Crippen LogP contribution in [0.2, 0.25) is 0 Å². The van der Waals surface area contributed by atoms with Crippen molar-refractivity contribution in [3.05, 3.63) is 60.3 Å². The van der Waals surface area contributed by atoms with Crippen molar-refractivity contribution in [2.24, 2.45) is 11.8 Å². The number of aromatic nitrogens is 3. The highest BCUT2D eigenvalue weighted by Crippen LogP contribution is 2.46. The molecule has 0 spiro atoms. The summed E-state index contributed by atoms with van der Waals surface area (Å²) < 4.78 is 1.75. The number of hydrogen-bond donors (Lipinski definition) is 2. The number of benzene rings is 1. The fourth-order valence-corrected chi connectivity index (χ4v) is 3.12. The highest BCUT2D eigenvalue weighted by Gasteiger charge is 2.41. The van der Waals surface area contributed by atoms with Gasteiger partial charge in [0.05, 0.1) is 6.04 Å². The Bertz CT molecular complexity index is 860. The third-order valence-corrected chi connectivity index (χ3v) is 4.58. The first kappa shape index (κ1) is 14.7. The second-order valence-electron chi connectivity index (χ2n) is 6.32. The predicted molar refractivity (Wildman–Crippen MR) is 91.6 cm³/mol. The molecule has 1 fully saturated rings. The molecule has 122 valence electrons. The third-order valence-electron chi connectivity index (χ3n) is 4.58. The summed E-state index contributed by atoms with van der Waals surface area (Å²) in [6, 6.07) is 15.5. The molecular formula is C18H19N5O. The van der Waals surface area contributed by atoms with Gasteiger partial charge in [0, 0.05) is 6.20 Å². The molecular weight excluding hydrogens is 302 g/mol. The van der Waals surface area contributed by atoms with Gasteiger partial charge in [-0.15, -0.1) is 10.2 Å². The van der Waals surface area contributed by atoms with Crippen LogP contribution in [-0.4, -0.2) is 20.6 Å². The summed E-state index contributed by atoms with van der Waals surface area (Å²) >= 11 is 0. The molecule has 3 atom stereocenters. The molecule has 2 heterocycles. The fourth-order valence-electron chi connectivity index (χ4n) is 3.12. The lowest BCUT2D eigenvalue weighted by molar-refractivity contribution is 0.246. The van der Waals surface area contributed by atoms with Gasteiger partial charge in [0.15, 0.2) is 5.65 Å². The van der Waals surface area contributed by atoms with E-state index in [0.29, 0.717) is 23.4 Å². The Morgan fingerprint density at radius 1 is 1.17 bits per heavy atom. The van der Waals surface area contributed by atoms with Crippen LogP contribution in [0.4, 0.5) is 10.7 Å². The van der Waals surface area contributed by atoms with Crippen molar-refractivity contribution in [3.8, 4) is 0 Å². The normalized spacial score (nSPS) is 20.5. The molecule has 0 unspecified atom stereocenters. The van der Waals surface area contributed by atoms with E-state index in [1.807, 2.05) is 42.6 Å². The van der Waals surface area contributed by atoms with Gasteiger partial charge in [-0.3, -0.25) is 9.72 Å². The Kier molecular flexibility index (Phi) is 3.65. The molecule has 3 aromatic rings. The van der Waals surface area contributed by atoms with Crippen molar-refractivity contribution in [1.82, 2.24) is 19.9 Å². The molecule has 1 aliphatic rings. The first-order valence-corrected chi connectivity index (χ1v) is 8.14. The van der Waals surface area contributed by atoms with Crippen LogP contribution in [0.25, 0.3) is 5.65 Å². The minimum Gasteiger partial charge on any atom is -0.331 e. The number of nitrogens with one attached hydrogen (secondary N) is 2. The van der Waals surface area contributed by atoms with E-state index >= 15 is 0 Å².